The number of Topliss-reactive ketones (excluding diaryl/α,β-unsaturated/α-hetero) is 1. The van der Waals surface area contributed by atoms with Gasteiger partial charge >= 0.3 is 0 Å². The van der Waals surface area contributed by atoms with Crippen molar-refractivity contribution >= 4 is 33.1 Å². The Hall–Kier alpha value is -2.67. The number of ketones is 1. The Morgan fingerprint density at radius 2 is 1.88 bits per heavy atom. The first kappa shape index (κ1) is 17.2. The highest BCUT2D eigenvalue weighted by molar-refractivity contribution is 7.92. The number of benzene rings is 2. The van der Waals surface area contributed by atoms with Crippen LogP contribution in [-0.4, -0.2) is 27.2 Å². The Balaban J connectivity index is 1.96. The molecule has 0 atom stereocenters. The Bertz CT molecular complexity index is 996. The lowest BCUT2D eigenvalue weighted by atomic mass is 10.1. The lowest BCUT2D eigenvalue weighted by Crippen LogP contribution is -2.20. The van der Waals surface area contributed by atoms with Crippen LogP contribution >= 0.6 is 0 Å². The number of sulfonamides is 1. The second-order valence-corrected chi connectivity index (χ2v) is 7.79. The van der Waals surface area contributed by atoms with Crippen LogP contribution in [0, 0.1) is 6.92 Å². The van der Waals surface area contributed by atoms with Crippen molar-refractivity contribution < 1.29 is 18.0 Å². The van der Waals surface area contributed by atoms with Crippen molar-refractivity contribution in [2.75, 3.05) is 16.7 Å². The predicted octanol–water partition coefficient (Wildman–Crippen LogP) is 2.52. The van der Waals surface area contributed by atoms with Crippen molar-refractivity contribution in [3.8, 4) is 0 Å². The van der Waals surface area contributed by atoms with Crippen LogP contribution in [0.2, 0.25) is 0 Å². The van der Waals surface area contributed by atoms with Gasteiger partial charge in [-0.25, -0.2) is 8.42 Å². The molecule has 0 unspecified atom stereocenters. The first-order valence-corrected chi connectivity index (χ1v) is 9.21. The zero-order chi connectivity index (χ0) is 18.4. The van der Waals surface area contributed by atoms with Crippen LogP contribution in [0.3, 0.4) is 0 Å². The number of amides is 1. The lowest BCUT2D eigenvalue weighted by molar-refractivity contribution is -0.117. The Labute approximate surface area is 146 Å². The van der Waals surface area contributed by atoms with E-state index >= 15 is 0 Å². The number of fused-ring (bicyclic) bond motifs is 1. The monoisotopic (exact) mass is 358 g/mol. The number of hydrogen-bond donors (Lipinski definition) is 1. The predicted molar refractivity (Wildman–Crippen MR) is 95.5 cm³/mol. The van der Waals surface area contributed by atoms with Crippen LogP contribution in [0.5, 0.6) is 0 Å². The standard InChI is InChI=1S/C18H18N2O4S/c1-11-4-5-13(12(2)21)9-16(11)19-25(23,24)15-6-7-17-14(8-15)10-18(22)20(17)3/h4-9,19H,10H2,1-3H3. The molecule has 0 aromatic heterocycles. The van der Waals surface area contributed by atoms with Crippen molar-refractivity contribution in [3.05, 3.63) is 53.1 Å². The van der Waals surface area contributed by atoms with E-state index in [-0.39, 0.29) is 23.0 Å². The summed E-state index contributed by atoms with van der Waals surface area (Å²) in [5.41, 5.74) is 2.92. The summed E-state index contributed by atoms with van der Waals surface area (Å²) < 4.78 is 27.9. The minimum absolute atomic E-state index is 0.0671. The molecule has 1 heterocycles. The highest BCUT2D eigenvalue weighted by atomic mass is 32.2. The van der Waals surface area contributed by atoms with E-state index in [9.17, 15) is 18.0 Å². The highest BCUT2D eigenvalue weighted by Crippen LogP contribution is 2.30. The van der Waals surface area contributed by atoms with Crippen LogP contribution in [0.1, 0.15) is 28.4 Å². The van der Waals surface area contributed by atoms with Gasteiger partial charge in [-0.05, 0) is 49.2 Å². The van der Waals surface area contributed by atoms with E-state index in [1.165, 1.54) is 30.0 Å². The maximum Gasteiger partial charge on any atom is 0.261 e. The van der Waals surface area contributed by atoms with Crippen LogP contribution in [0.4, 0.5) is 11.4 Å². The molecule has 0 bridgehead atoms. The van der Waals surface area contributed by atoms with Crippen LogP contribution < -0.4 is 9.62 Å². The Kier molecular flexibility index (Phi) is 4.12. The molecule has 0 saturated carbocycles. The fourth-order valence-electron chi connectivity index (χ4n) is 2.77. The number of rotatable bonds is 4. The summed E-state index contributed by atoms with van der Waals surface area (Å²) in [7, 11) is -2.16. The molecule has 0 radical (unpaired) electrons. The smallest absolute Gasteiger partial charge is 0.261 e. The highest BCUT2D eigenvalue weighted by Gasteiger charge is 2.26. The summed E-state index contributed by atoms with van der Waals surface area (Å²) in [5.74, 6) is -0.206. The van der Waals surface area contributed by atoms with Gasteiger partial charge in [0, 0.05) is 18.3 Å². The summed E-state index contributed by atoms with van der Waals surface area (Å²) in [5, 5.41) is 0. The van der Waals surface area contributed by atoms with Crippen LogP contribution in [0.25, 0.3) is 0 Å². The number of aryl methyl sites for hydroxylation is 1. The van der Waals surface area contributed by atoms with Crippen molar-refractivity contribution in [2.24, 2.45) is 0 Å². The van der Waals surface area contributed by atoms with Crippen molar-refractivity contribution in [3.63, 3.8) is 0 Å². The third-order valence-electron chi connectivity index (χ3n) is 4.33. The molecule has 1 amide bonds. The molecule has 2 aromatic carbocycles. The van der Waals surface area contributed by atoms with E-state index in [0.29, 0.717) is 22.4 Å². The van der Waals surface area contributed by atoms with Crippen molar-refractivity contribution in [1.82, 2.24) is 0 Å². The normalized spacial score (nSPS) is 13.7. The molecule has 0 aliphatic carbocycles. The van der Waals surface area contributed by atoms with Gasteiger partial charge in [-0.15, -0.1) is 0 Å². The topological polar surface area (TPSA) is 83.5 Å². The average molecular weight is 358 g/mol. The molecule has 0 spiro atoms. The van der Waals surface area contributed by atoms with E-state index in [2.05, 4.69) is 4.72 Å². The third kappa shape index (κ3) is 3.15. The quantitative estimate of drug-likeness (QED) is 0.851. The molecule has 2 aromatic rings. The van der Waals surface area contributed by atoms with Gasteiger partial charge in [0.15, 0.2) is 5.78 Å². The van der Waals surface area contributed by atoms with Gasteiger partial charge in [0.1, 0.15) is 0 Å². The Morgan fingerprint density at radius 3 is 2.56 bits per heavy atom. The van der Waals surface area contributed by atoms with Crippen LogP contribution in [0.15, 0.2) is 41.3 Å². The number of carbonyl (C=O) groups excluding carboxylic acids is 2. The van der Waals surface area contributed by atoms with Crippen molar-refractivity contribution in [1.29, 1.82) is 0 Å². The minimum atomic E-state index is -3.83. The second kappa shape index (κ2) is 6.00. The summed E-state index contributed by atoms with van der Waals surface area (Å²) in [6, 6.07) is 9.51. The Morgan fingerprint density at radius 1 is 1.16 bits per heavy atom. The van der Waals surface area contributed by atoms with E-state index in [0.717, 1.165) is 5.69 Å². The van der Waals surface area contributed by atoms with Gasteiger partial charge in [0.2, 0.25) is 5.91 Å². The van der Waals surface area contributed by atoms with Gasteiger partial charge in [-0.1, -0.05) is 12.1 Å². The molecule has 1 aliphatic rings. The van der Waals surface area contributed by atoms with Gasteiger partial charge < -0.3 is 4.90 Å². The molecule has 6 nitrogen and oxygen atoms in total. The molecule has 130 valence electrons. The summed E-state index contributed by atoms with van der Waals surface area (Å²) in [6.45, 7) is 3.19. The summed E-state index contributed by atoms with van der Waals surface area (Å²) in [6.07, 6.45) is 0.189. The van der Waals surface area contributed by atoms with Gasteiger partial charge in [-0.2, -0.15) is 0 Å². The largest absolute Gasteiger partial charge is 0.315 e. The minimum Gasteiger partial charge on any atom is -0.315 e. The number of nitrogens with zero attached hydrogens (tertiary/aromatic N) is 1. The fraction of sp³-hybridized carbons (Fsp3) is 0.222. The molecule has 0 fully saturated rings. The third-order valence-corrected chi connectivity index (χ3v) is 5.69. The van der Waals surface area contributed by atoms with E-state index in [4.69, 9.17) is 0 Å². The molecule has 25 heavy (non-hydrogen) atoms. The van der Waals surface area contributed by atoms with E-state index in [1.807, 2.05) is 0 Å². The number of likely N-dealkylation sites (N-methyl/N-ethyl adjacent to an activating group) is 1. The maximum atomic E-state index is 12.7. The molecular weight excluding hydrogens is 340 g/mol. The first-order valence-electron chi connectivity index (χ1n) is 7.73. The fourth-order valence-corrected chi connectivity index (χ4v) is 3.94. The maximum absolute atomic E-state index is 12.7. The van der Waals surface area contributed by atoms with E-state index < -0.39 is 10.0 Å². The molecule has 3 rings (SSSR count). The average Bonchev–Trinajstić information content (AvgIpc) is 2.83. The van der Waals surface area contributed by atoms with Gasteiger partial charge in [0.25, 0.3) is 10.0 Å². The molecule has 1 aliphatic heterocycles. The molecule has 1 N–H and O–H groups in total. The zero-order valence-electron chi connectivity index (χ0n) is 14.2. The van der Waals surface area contributed by atoms with Gasteiger partial charge in [0.05, 0.1) is 17.0 Å². The second-order valence-electron chi connectivity index (χ2n) is 6.11. The number of hydrogen-bond acceptors (Lipinski definition) is 4. The number of carbonyl (C=O) groups is 2. The molecule has 0 saturated heterocycles. The lowest BCUT2D eigenvalue weighted by Gasteiger charge is -2.13. The number of anilines is 2. The molecular formula is C18H18N2O4S. The molecule has 7 heteroatoms. The summed E-state index contributed by atoms with van der Waals surface area (Å²) >= 11 is 0. The van der Waals surface area contributed by atoms with E-state index in [1.54, 1.807) is 32.2 Å². The first-order chi connectivity index (χ1) is 11.7. The SMILES string of the molecule is CC(=O)c1ccc(C)c(NS(=O)(=O)c2ccc3c(c2)CC(=O)N3C)c1. The van der Waals surface area contributed by atoms with Gasteiger partial charge in [-0.3, -0.25) is 14.3 Å². The summed E-state index contributed by atoms with van der Waals surface area (Å²) in [4.78, 5) is 24.9. The number of nitrogens with one attached hydrogen (secondary N) is 1. The van der Waals surface area contributed by atoms with Crippen LogP contribution in [-0.2, 0) is 21.2 Å². The van der Waals surface area contributed by atoms with Crippen molar-refractivity contribution in [2.45, 2.75) is 25.2 Å². The zero-order valence-corrected chi connectivity index (χ0v) is 15.0.